The molecular weight excluding hydrogens is 401 g/mol. The molecule has 1 aromatic heterocycles. The monoisotopic (exact) mass is 430 g/mol. The van der Waals surface area contributed by atoms with E-state index in [1.165, 1.54) is 13.0 Å². The molecule has 0 fully saturated rings. The molecule has 1 heterocycles. The molecule has 2 rings (SSSR count). The van der Waals surface area contributed by atoms with Crippen molar-refractivity contribution in [2.24, 2.45) is 5.92 Å². The first kappa shape index (κ1) is 24.5. The van der Waals surface area contributed by atoms with Crippen molar-refractivity contribution in [2.75, 3.05) is 0 Å². The molecule has 2 amide bonds. The summed E-state index contributed by atoms with van der Waals surface area (Å²) in [6.45, 7) is 1.03. The Hall–Kier alpha value is -2.79. The zero-order chi connectivity index (χ0) is 23.2. The van der Waals surface area contributed by atoms with Crippen molar-refractivity contribution >= 4 is 18.6 Å². The molecule has 1 aromatic carbocycles. The molecule has 0 saturated carbocycles. The summed E-state index contributed by atoms with van der Waals surface area (Å²) in [5.41, 5.74) is 1.42. The molecule has 168 valence electrons. The van der Waals surface area contributed by atoms with Crippen LogP contribution in [-0.4, -0.2) is 61.8 Å². The molecule has 0 spiro atoms. The molecular formula is C21H29BN3O6-. The highest BCUT2D eigenvalue weighted by Gasteiger charge is 2.34. The summed E-state index contributed by atoms with van der Waals surface area (Å²) in [6, 6.07) is 12.7. The maximum Gasteiger partial charge on any atom is 0.393 e. The van der Waals surface area contributed by atoms with E-state index in [9.17, 15) is 29.8 Å². The van der Waals surface area contributed by atoms with Gasteiger partial charge in [0.05, 0.1) is 11.8 Å². The van der Waals surface area contributed by atoms with Crippen LogP contribution >= 0.6 is 0 Å². The van der Waals surface area contributed by atoms with E-state index in [0.29, 0.717) is 5.69 Å². The first-order chi connectivity index (χ1) is 14.5. The van der Waals surface area contributed by atoms with E-state index >= 15 is 0 Å². The molecule has 0 radical (unpaired) electrons. The number of nitrogens with one attached hydrogen (secondary N) is 2. The van der Waals surface area contributed by atoms with Crippen LogP contribution in [0, 0.1) is 5.92 Å². The van der Waals surface area contributed by atoms with Crippen molar-refractivity contribution < 1.29 is 29.8 Å². The Labute approximate surface area is 181 Å². The van der Waals surface area contributed by atoms with Gasteiger partial charge in [-0.3, -0.25) is 9.59 Å². The predicted octanol–water partition coefficient (Wildman–Crippen LogP) is 0.214. The number of aliphatic hydroxyl groups is 1. The summed E-state index contributed by atoms with van der Waals surface area (Å²) in [6.07, 6.45) is -1.21. The molecule has 0 unspecified atom stereocenters. The Bertz CT molecular complexity index is 886. The summed E-state index contributed by atoms with van der Waals surface area (Å²) >= 11 is 0. The summed E-state index contributed by atoms with van der Waals surface area (Å²) in [7, 11) is 0. The number of pyridine rings is 1. The second-order valence-corrected chi connectivity index (χ2v) is 8.00. The van der Waals surface area contributed by atoms with Crippen LogP contribution in [-0.2, 0) is 4.79 Å². The summed E-state index contributed by atoms with van der Waals surface area (Å²) in [4.78, 5) is 29.7. The fourth-order valence-corrected chi connectivity index (χ4v) is 3.08. The van der Waals surface area contributed by atoms with Crippen molar-refractivity contribution in [2.45, 2.75) is 45.3 Å². The van der Waals surface area contributed by atoms with E-state index < -0.39 is 36.7 Å². The van der Waals surface area contributed by atoms with Gasteiger partial charge in [-0.2, -0.15) is 0 Å². The Morgan fingerprint density at radius 1 is 0.968 bits per heavy atom. The SMILES string of the molecule is CC(C)C[C@H](NC(=O)[C@@H](NC(=O)c1cccc(-c2ccccc2)n1)[C@H](C)O)[B-](O)(O)O. The molecule has 0 saturated heterocycles. The number of carbonyl (C=O) groups is 2. The Balaban J connectivity index is 2.17. The standard InChI is InChI=1S/C21H29BN3O6/c1-13(2)12-18(22(29,30)31)24-21(28)19(14(3)26)25-20(27)17-11-7-10-16(23-17)15-8-5-4-6-9-15/h4-11,13-14,18-19,26,29-31H,12H2,1-3H3,(H,24,28)(H,25,27)/q-1/t14-,18-,19-/m0/s1. The van der Waals surface area contributed by atoms with E-state index in [2.05, 4.69) is 15.6 Å². The van der Waals surface area contributed by atoms with Crippen molar-refractivity contribution in [1.29, 1.82) is 0 Å². The van der Waals surface area contributed by atoms with Crippen LogP contribution in [0.25, 0.3) is 11.3 Å². The Morgan fingerprint density at radius 3 is 2.16 bits per heavy atom. The van der Waals surface area contributed by atoms with Gasteiger partial charge in [0, 0.05) is 5.56 Å². The molecule has 2 aromatic rings. The molecule has 0 aliphatic rings. The molecule has 0 aliphatic heterocycles. The van der Waals surface area contributed by atoms with Gasteiger partial charge in [-0.25, -0.2) is 4.98 Å². The smallest absolute Gasteiger partial charge is 0.393 e. The number of benzene rings is 1. The van der Waals surface area contributed by atoms with Crippen LogP contribution in [0.5, 0.6) is 0 Å². The number of aliphatic hydroxyl groups excluding tert-OH is 1. The van der Waals surface area contributed by atoms with Gasteiger partial charge in [-0.05, 0) is 30.9 Å². The number of hydrogen-bond donors (Lipinski definition) is 6. The third kappa shape index (κ3) is 7.14. The second-order valence-electron chi connectivity index (χ2n) is 8.00. The first-order valence-corrected chi connectivity index (χ1v) is 10.1. The quantitative estimate of drug-likeness (QED) is 0.311. The molecule has 10 heteroatoms. The van der Waals surface area contributed by atoms with Crippen molar-refractivity contribution in [3.63, 3.8) is 0 Å². The first-order valence-electron chi connectivity index (χ1n) is 10.1. The zero-order valence-corrected chi connectivity index (χ0v) is 17.8. The van der Waals surface area contributed by atoms with Gasteiger partial charge in [-0.15, -0.1) is 0 Å². The number of nitrogens with zero attached hydrogens (tertiary/aromatic N) is 1. The highest BCUT2D eigenvalue weighted by molar-refractivity contribution is 6.58. The third-order valence-corrected chi connectivity index (χ3v) is 4.70. The zero-order valence-electron chi connectivity index (χ0n) is 17.8. The average Bonchev–Trinajstić information content (AvgIpc) is 2.70. The van der Waals surface area contributed by atoms with Crippen LogP contribution in [0.15, 0.2) is 48.5 Å². The average molecular weight is 430 g/mol. The molecule has 3 atom stereocenters. The Kier molecular flexibility index (Phi) is 8.29. The molecule has 6 N–H and O–H groups in total. The van der Waals surface area contributed by atoms with Crippen LogP contribution < -0.4 is 10.6 Å². The highest BCUT2D eigenvalue weighted by atomic mass is 16.5. The van der Waals surface area contributed by atoms with Crippen molar-refractivity contribution in [1.82, 2.24) is 15.6 Å². The molecule has 0 aliphatic carbocycles. The lowest BCUT2D eigenvalue weighted by atomic mass is 9.66. The Morgan fingerprint density at radius 2 is 1.61 bits per heavy atom. The van der Waals surface area contributed by atoms with Gasteiger partial charge in [0.1, 0.15) is 11.7 Å². The second kappa shape index (κ2) is 10.5. The molecule has 9 nitrogen and oxygen atoms in total. The number of carbonyl (C=O) groups excluding carboxylic acids is 2. The van der Waals surface area contributed by atoms with Crippen LogP contribution in [0.1, 0.15) is 37.7 Å². The predicted molar refractivity (Wildman–Crippen MR) is 116 cm³/mol. The maximum atomic E-state index is 12.7. The van der Waals surface area contributed by atoms with Gasteiger partial charge in [-0.1, -0.05) is 56.7 Å². The summed E-state index contributed by atoms with van der Waals surface area (Å²) in [5.74, 6) is -2.97. The highest BCUT2D eigenvalue weighted by Crippen LogP contribution is 2.16. The van der Waals surface area contributed by atoms with Gasteiger partial charge in [0.2, 0.25) is 5.91 Å². The lowest BCUT2D eigenvalue weighted by Gasteiger charge is -2.35. The van der Waals surface area contributed by atoms with E-state index in [1.54, 1.807) is 26.0 Å². The largest absolute Gasteiger partial charge is 0.558 e. The number of rotatable bonds is 9. The van der Waals surface area contributed by atoms with Crippen molar-refractivity contribution in [3.8, 4) is 11.3 Å². The third-order valence-electron chi connectivity index (χ3n) is 4.70. The normalized spacial score (nSPS) is 14.6. The van der Waals surface area contributed by atoms with E-state index in [-0.39, 0.29) is 18.0 Å². The van der Waals surface area contributed by atoms with Gasteiger partial charge >= 0.3 is 6.75 Å². The van der Waals surface area contributed by atoms with Gasteiger partial charge < -0.3 is 30.8 Å². The lowest BCUT2D eigenvalue weighted by molar-refractivity contribution is -0.126. The fraction of sp³-hybridized carbons (Fsp3) is 0.381. The minimum Gasteiger partial charge on any atom is -0.558 e. The maximum absolute atomic E-state index is 12.7. The topological polar surface area (TPSA) is 152 Å². The van der Waals surface area contributed by atoms with Gasteiger partial charge in [0.25, 0.3) is 5.91 Å². The molecule has 31 heavy (non-hydrogen) atoms. The number of amides is 2. The van der Waals surface area contributed by atoms with Crippen LogP contribution in [0.4, 0.5) is 0 Å². The summed E-state index contributed by atoms with van der Waals surface area (Å²) in [5, 5.41) is 43.5. The van der Waals surface area contributed by atoms with E-state index in [0.717, 1.165) is 5.56 Å². The fourth-order valence-electron chi connectivity index (χ4n) is 3.08. The van der Waals surface area contributed by atoms with Crippen LogP contribution in [0.3, 0.4) is 0 Å². The van der Waals surface area contributed by atoms with Crippen molar-refractivity contribution in [3.05, 3.63) is 54.2 Å². The minimum atomic E-state index is -3.84. The summed E-state index contributed by atoms with van der Waals surface area (Å²) < 4.78 is 0. The van der Waals surface area contributed by atoms with Crippen LogP contribution in [0.2, 0.25) is 0 Å². The van der Waals surface area contributed by atoms with E-state index in [4.69, 9.17) is 0 Å². The number of hydrogen-bond acceptors (Lipinski definition) is 7. The molecule has 0 bridgehead atoms. The minimum absolute atomic E-state index is 0.0450. The van der Waals surface area contributed by atoms with Gasteiger partial charge in [0.15, 0.2) is 0 Å². The number of aromatic nitrogens is 1. The lowest BCUT2D eigenvalue weighted by Crippen LogP contribution is -2.62. The van der Waals surface area contributed by atoms with E-state index in [1.807, 2.05) is 30.3 Å².